The van der Waals surface area contributed by atoms with Gasteiger partial charge in [0.1, 0.15) is 23.7 Å². The summed E-state index contributed by atoms with van der Waals surface area (Å²) < 4.78 is 5.72. The molecule has 24 heavy (non-hydrogen) atoms. The summed E-state index contributed by atoms with van der Waals surface area (Å²) in [7, 11) is 0. The van der Waals surface area contributed by atoms with E-state index in [2.05, 4.69) is 32.2 Å². The lowest BCUT2D eigenvalue weighted by molar-refractivity contribution is 0.0694. The number of carboxylic acid groups (broad SMARTS) is 1. The molecule has 0 aliphatic rings. The first kappa shape index (κ1) is 17.7. The number of rotatable bonds is 7. The Morgan fingerprint density at radius 1 is 1.21 bits per heavy atom. The average molecular weight is 329 g/mol. The van der Waals surface area contributed by atoms with Gasteiger partial charge in [0.2, 0.25) is 0 Å². The van der Waals surface area contributed by atoms with Gasteiger partial charge in [0.25, 0.3) is 0 Å². The largest absolute Gasteiger partial charge is 0.507 e. The molecule has 0 heterocycles. The SMILES string of the molecule is Cc1cc(OCCNc2ccc(O)c(C(=O)O)c2)ccc1C(C)C. The molecule has 2 rings (SSSR count). The fourth-order valence-corrected chi connectivity index (χ4v) is 2.57. The molecule has 128 valence electrons. The van der Waals surface area contributed by atoms with Crippen molar-refractivity contribution in [2.45, 2.75) is 26.7 Å². The second kappa shape index (κ2) is 7.73. The van der Waals surface area contributed by atoms with Gasteiger partial charge in [-0.05, 0) is 54.3 Å². The number of aryl methyl sites for hydroxylation is 1. The maximum atomic E-state index is 11.0. The van der Waals surface area contributed by atoms with Crippen LogP contribution in [0.25, 0.3) is 0 Å². The highest BCUT2D eigenvalue weighted by molar-refractivity contribution is 5.91. The first-order chi connectivity index (χ1) is 11.4. The van der Waals surface area contributed by atoms with Crippen LogP contribution in [0.4, 0.5) is 5.69 Å². The van der Waals surface area contributed by atoms with Crippen LogP contribution in [0.2, 0.25) is 0 Å². The number of phenols is 1. The fourth-order valence-electron chi connectivity index (χ4n) is 2.57. The predicted molar refractivity (Wildman–Crippen MR) is 94.3 cm³/mol. The van der Waals surface area contributed by atoms with Crippen LogP contribution < -0.4 is 10.1 Å². The number of aromatic carboxylic acids is 1. The third kappa shape index (κ3) is 4.41. The third-order valence-electron chi connectivity index (χ3n) is 3.79. The number of carbonyl (C=O) groups is 1. The first-order valence-corrected chi connectivity index (χ1v) is 7.92. The number of benzene rings is 2. The lowest BCUT2D eigenvalue weighted by Crippen LogP contribution is -2.12. The fraction of sp³-hybridized carbons (Fsp3) is 0.316. The van der Waals surface area contributed by atoms with Gasteiger partial charge in [-0.15, -0.1) is 0 Å². The molecule has 0 aliphatic carbocycles. The van der Waals surface area contributed by atoms with Gasteiger partial charge in [-0.2, -0.15) is 0 Å². The lowest BCUT2D eigenvalue weighted by Gasteiger charge is -2.13. The van der Waals surface area contributed by atoms with E-state index in [0.29, 0.717) is 24.8 Å². The topological polar surface area (TPSA) is 78.8 Å². The van der Waals surface area contributed by atoms with Crippen molar-refractivity contribution < 1.29 is 19.7 Å². The third-order valence-corrected chi connectivity index (χ3v) is 3.79. The monoisotopic (exact) mass is 329 g/mol. The van der Waals surface area contributed by atoms with E-state index in [0.717, 1.165) is 5.75 Å². The standard InChI is InChI=1S/C19H23NO4/c1-12(2)16-6-5-15(10-13(16)3)24-9-8-20-14-4-7-18(21)17(11-14)19(22)23/h4-7,10-12,20-21H,8-9H2,1-3H3,(H,22,23). The summed E-state index contributed by atoms with van der Waals surface area (Å²) in [5, 5.41) is 21.5. The molecule has 2 aromatic rings. The summed E-state index contributed by atoms with van der Waals surface area (Å²) in [5.74, 6) is -0.104. The van der Waals surface area contributed by atoms with E-state index in [-0.39, 0.29) is 11.3 Å². The van der Waals surface area contributed by atoms with Gasteiger partial charge >= 0.3 is 5.97 Å². The number of nitrogens with one attached hydrogen (secondary N) is 1. The van der Waals surface area contributed by atoms with Gasteiger partial charge in [0.15, 0.2) is 0 Å². The van der Waals surface area contributed by atoms with Crippen molar-refractivity contribution in [3.63, 3.8) is 0 Å². The van der Waals surface area contributed by atoms with Crippen molar-refractivity contribution in [2.24, 2.45) is 0 Å². The van der Waals surface area contributed by atoms with E-state index in [9.17, 15) is 9.90 Å². The minimum Gasteiger partial charge on any atom is -0.507 e. The molecule has 5 nitrogen and oxygen atoms in total. The molecule has 0 atom stereocenters. The summed E-state index contributed by atoms with van der Waals surface area (Å²) >= 11 is 0. The maximum Gasteiger partial charge on any atom is 0.339 e. The molecule has 0 saturated carbocycles. The Balaban J connectivity index is 1.88. The minimum absolute atomic E-state index is 0.124. The Bertz CT molecular complexity index is 725. The van der Waals surface area contributed by atoms with E-state index in [1.54, 1.807) is 6.07 Å². The summed E-state index contributed by atoms with van der Waals surface area (Å²) in [5.41, 5.74) is 3.02. The van der Waals surface area contributed by atoms with Crippen molar-refractivity contribution in [2.75, 3.05) is 18.5 Å². The lowest BCUT2D eigenvalue weighted by atomic mass is 9.98. The number of hydrogen-bond acceptors (Lipinski definition) is 4. The normalized spacial score (nSPS) is 10.7. The molecule has 2 aromatic carbocycles. The van der Waals surface area contributed by atoms with Crippen LogP contribution in [-0.2, 0) is 0 Å². The van der Waals surface area contributed by atoms with Gasteiger partial charge in [0.05, 0.1) is 0 Å². The quantitative estimate of drug-likeness (QED) is 0.528. The van der Waals surface area contributed by atoms with Crippen LogP contribution in [0.1, 0.15) is 41.3 Å². The van der Waals surface area contributed by atoms with Crippen molar-refractivity contribution in [3.8, 4) is 11.5 Å². The second-order valence-corrected chi connectivity index (χ2v) is 5.99. The summed E-state index contributed by atoms with van der Waals surface area (Å²) in [6, 6.07) is 10.5. The van der Waals surface area contributed by atoms with Gasteiger partial charge in [-0.1, -0.05) is 19.9 Å². The van der Waals surface area contributed by atoms with Gasteiger partial charge in [-0.25, -0.2) is 4.79 Å². The molecule has 0 spiro atoms. The highest BCUT2D eigenvalue weighted by Gasteiger charge is 2.10. The first-order valence-electron chi connectivity index (χ1n) is 7.92. The van der Waals surface area contributed by atoms with Crippen LogP contribution in [-0.4, -0.2) is 29.3 Å². The smallest absolute Gasteiger partial charge is 0.339 e. The Kier molecular flexibility index (Phi) is 5.68. The summed E-state index contributed by atoms with van der Waals surface area (Å²) in [6.45, 7) is 7.37. The molecule has 3 N–H and O–H groups in total. The molecule has 0 radical (unpaired) electrons. The van der Waals surface area contributed by atoms with Crippen molar-refractivity contribution in [1.29, 1.82) is 0 Å². The number of aromatic hydroxyl groups is 1. The van der Waals surface area contributed by atoms with Crippen molar-refractivity contribution in [3.05, 3.63) is 53.1 Å². The molecule has 0 bridgehead atoms. The minimum atomic E-state index is -1.16. The molecule has 0 aromatic heterocycles. The molecule has 0 fully saturated rings. The highest BCUT2D eigenvalue weighted by Crippen LogP contribution is 2.24. The molecular formula is C19H23NO4. The predicted octanol–water partition coefficient (Wildman–Crippen LogP) is 4.01. The van der Waals surface area contributed by atoms with E-state index >= 15 is 0 Å². The van der Waals surface area contributed by atoms with Crippen LogP contribution in [0, 0.1) is 6.92 Å². The van der Waals surface area contributed by atoms with Gasteiger partial charge in [0, 0.05) is 12.2 Å². The summed E-state index contributed by atoms with van der Waals surface area (Å²) in [4.78, 5) is 11.0. The zero-order chi connectivity index (χ0) is 17.7. The molecule has 0 unspecified atom stereocenters. The van der Waals surface area contributed by atoms with Crippen molar-refractivity contribution >= 4 is 11.7 Å². The number of ether oxygens (including phenoxy) is 1. The summed E-state index contributed by atoms with van der Waals surface area (Å²) in [6.07, 6.45) is 0. The molecule has 0 aliphatic heterocycles. The highest BCUT2D eigenvalue weighted by atomic mass is 16.5. The van der Waals surface area contributed by atoms with E-state index < -0.39 is 5.97 Å². The Labute approximate surface area is 141 Å². The zero-order valence-corrected chi connectivity index (χ0v) is 14.2. The van der Waals surface area contributed by atoms with Gasteiger partial charge in [-0.3, -0.25) is 0 Å². The van der Waals surface area contributed by atoms with E-state index in [1.165, 1.54) is 23.3 Å². The number of anilines is 1. The van der Waals surface area contributed by atoms with Crippen LogP contribution in [0.15, 0.2) is 36.4 Å². The molecule has 5 heteroatoms. The second-order valence-electron chi connectivity index (χ2n) is 5.99. The molecule has 0 saturated heterocycles. The van der Waals surface area contributed by atoms with Crippen molar-refractivity contribution in [1.82, 2.24) is 0 Å². The maximum absolute atomic E-state index is 11.0. The van der Waals surface area contributed by atoms with E-state index in [4.69, 9.17) is 9.84 Å². The Morgan fingerprint density at radius 2 is 1.96 bits per heavy atom. The number of carboxylic acids is 1. The van der Waals surface area contributed by atoms with Crippen LogP contribution in [0.3, 0.4) is 0 Å². The Hall–Kier alpha value is -2.69. The number of hydrogen-bond donors (Lipinski definition) is 3. The molecule has 0 amide bonds. The molecular weight excluding hydrogens is 306 g/mol. The van der Waals surface area contributed by atoms with Crippen LogP contribution >= 0.6 is 0 Å². The average Bonchev–Trinajstić information content (AvgIpc) is 2.52. The zero-order valence-electron chi connectivity index (χ0n) is 14.2. The Morgan fingerprint density at radius 3 is 2.58 bits per heavy atom. The van der Waals surface area contributed by atoms with Crippen LogP contribution in [0.5, 0.6) is 11.5 Å². The van der Waals surface area contributed by atoms with Gasteiger partial charge < -0.3 is 20.3 Å². The van der Waals surface area contributed by atoms with E-state index in [1.807, 2.05) is 12.1 Å².